The first-order valence-electron chi connectivity index (χ1n) is 11.3. The number of halogens is 4. The summed E-state index contributed by atoms with van der Waals surface area (Å²) < 4.78 is -0.756. The van der Waals surface area contributed by atoms with Gasteiger partial charge in [0.1, 0.15) is 9.07 Å². The SMILES string of the molecule is CCN(C)C(=S)SC1(c2ccc(Cl)cc2Cl)C=CC(NC)C(CC)(c2ccc(Cl)cc2Cl)C1[N+](=O)[O-]. The van der Waals surface area contributed by atoms with Gasteiger partial charge >= 0.3 is 0 Å². The Balaban J connectivity index is 2.46. The highest BCUT2D eigenvalue weighted by molar-refractivity contribution is 8.23. The summed E-state index contributed by atoms with van der Waals surface area (Å²) in [7, 11) is 3.64. The predicted molar refractivity (Wildman–Crippen MR) is 158 cm³/mol. The molecule has 2 aromatic rings. The third-order valence-electron chi connectivity index (χ3n) is 6.92. The Bertz CT molecular complexity index is 1200. The Morgan fingerprint density at radius 2 is 1.67 bits per heavy atom. The molecule has 0 saturated carbocycles. The topological polar surface area (TPSA) is 58.4 Å². The van der Waals surface area contributed by atoms with Crippen LogP contribution in [0.4, 0.5) is 0 Å². The van der Waals surface area contributed by atoms with E-state index in [2.05, 4.69) is 5.32 Å². The Morgan fingerprint density at radius 1 is 1.11 bits per heavy atom. The highest BCUT2D eigenvalue weighted by atomic mass is 35.5. The van der Waals surface area contributed by atoms with Gasteiger partial charge in [0.2, 0.25) is 6.04 Å². The van der Waals surface area contributed by atoms with Crippen LogP contribution < -0.4 is 5.32 Å². The standard InChI is InChI=1S/C25H27Cl4N3O2S2/c1-5-24(17-9-7-15(26)13-19(17)28)21(30-3)11-12-25(22(24)32(33)34,36-23(35)31(4)6-2)18-10-8-16(27)14-20(18)29/h7-14,21-22,30H,5-6H2,1-4H3. The van der Waals surface area contributed by atoms with E-state index < -0.39 is 22.2 Å². The molecular weight excluding hydrogens is 580 g/mol. The van der Waals surface area contributed by atoms with Gasteiger partial charge in [0.15, 0.2) is 0 Å². The van der Waals surface area contributed by atoms with E-state index in [1.54, 1.807) is 43.4 Å². The maximum absolute atomic E-state index is 13.3. The van der Waals surface area contributed by atoms with E-state index in [1.807, 2.05) is 37.9 Å². The Labute approximate surface area is 241 Å². The lowest BCUT2D eigenvalue weighted by molar-refractivity contribution is -0.542. The van der Waals surface area contributed by atoms with Crippen LogP contribution in [0.5, 0.6) is 0 Å². The molecule has 0 aliphatic heterocycles. The number of nitrogens with one attached hydrogen (secondary N) is 1. The predicted octanol–water partition coefficient (Wildman–Crippen LogP) is 7.62. The summed E-state index contributed by atoms with van der Waals surface area (Å²) in [6, 6.07) is 8.53. The molecule has 0 heterocycles. The van der Waals surface area contributed by atoms with Gasteiger partial charge in [0.05, 0.1) is 5.41 Å². The molecule has 5 nitrogen and oxygen atoms in total. The molecule has 36 heavy (non-hydrogen) atoms. The number of hydrogen-bond donors (Lipinski definition) is 1. The van der Waals surface area contributed by atoms with Crippen LogP contribution in [0.2, 0.25) is 20.1 Å². The Hall–Kier alpha value is -1.06. The van der Waals surface area contributed by atoms with Crippen LogP contribution in [0, 0.1) is 10.1 Å². The van der Waals surface area contributed by atoms with Crippen LogP contribution in [0.25, 0.3) is 0 Å². The molecule has 0 aromatic heterocycles. The Morgan fingerprint density at radius 3 is 2.11 bits per heavy atom. The molecule has 4 atom stereocenters. The van der Waals surface area contributed by atoms with Crippen molar-refractivity contribution in [3.05, 3.63) is 89.9 Å². The lowest BCUT2D eigenvalue weighted by Gasteiger charge is -2.50. The van der Waals surface area contributed by atoms with E-state index in [1.165, 1.54) is 11.8 Å². The first-order valence-corrected chi connectivity index (χ1v) is 14.1. The second-order valence-corrected chi connectivity index (χ2v) is 12.2. The van der Waals surface area contributed by atoms with Gasteiger partial charge in [-0.3, -0.25) is 10.1 Å². The van der Waals surface area contributed by atoms with E-state index in [-0.39, 0.29) is 4.92 Å². The second-order valence-electron chi connectivity index (χ2n) is 8.63. The van der Waals surface area contributed by atoms with Gasteiger partial charge in [0, 0.05) is 44.6 Å². The van der Waals surface area contributed by atoms with Crippen molar-refractivity contribution in [2.45, 2.75) is 42.5 Å². The largest absolute Gasteiger partial charge is 0.361 e. The van der Waals surface area contributed by atoms with Crippen LogP contribution in [0.1, 0.15) is 31.4 Å². The number of nitrogens with zero attached hydrogens (tertiary/aromatic N) is 2. The normalized spacial score (nSPS) is 25.6. The lowest BCUT2D eigenvalue weighted by Crippen LogP contribution is -2.65. The summed E-state index contributed by atoms with van der Waals surface area (Å²) in [5, 5.41) is 18.1. The van der Waals surface area contributed by atoms with Gasteiger partial charge < -0.3 is 10.2 Å². The summed E-state index contributed by atoms with van der Waals surface area (Å²) in [5.41, 5.74) is 0.109. The number of thioether (sulfide) groups is 1. The minimum atomic E-state index is -1.27. The van der Waals surface area contributed by atoms with E-state index in [4.69, 9.17) is 58.6 Å². The van der Waals surface area contributed by atoms with Gasteiger partial charge in [-0.05, 0) is 55.8 Å². The van der Waals surface area contributed by atoms with Gasteiger partial charge in [-0.1, -0.05) is 102 Å². The zero-order valence-corrected chi connectivity index (χ0v) is 24.9. The summed E-state index contributed by atoms with van der Waals surface area (Å²) in [6.45, 7) is 4.54. The molecule has 0 fully saturated rings. The zero-order chi connectivity index (χ0) is 26.8. The van der Waals surface area contributed by atoms with E-state index in [0.29, 0.717) is 48.5 Å². The number of nitro groups is 1. The molecule has 0 radical (unpaired) electrons. The molecule has 3 rings (SSSR count). The van der Waals surface area contributed by atoms with Crippen LogP contribution in [-0.2, 0) is 10.2 Å². The van der Waals surface area contributed by atoms with Crippen molar-refractivity contribution in [3.63, 3.8) is 0 Å². The molecule has 1 N–H and O–H groups in total. The molecule has 0 saturated heterocycles. The fourth-order valence-corrected chi connectivity index (χ4v) is 8.24. The van der Waals surface area contributed by atoms with Crippen molar-refractivity contribution in [1.82, 2.24) is 10.2 Å². The molecular formula is C25H27Cl4N3O2S2. The quantitative estimate of drug-likeness (QED) is 0.151. The van der Waals surface area contributed by atoms with Crippen molar-refractivity contribution >= 4 is 74.7 Å². The summed E-state index contributed by atoms with van der Waals surface area (Å²) >= 11 is 33.0. The van der Waals surface area contributed by atoms with Crippen LogP contribution in [-0.4, -0.2) is 46.9 Å². The number of likely N-dealkylation sites (N-methyl/N-ethyl adjacent to an activating group) is 1. The minimum absolute atomic E-state index is 0.227. The molecule has 1 aliphatic rings. The molecule has 0 amide bonds. The van der Waals surface area contributed by atoms with Crippen molar-refractivity contribution in [1.29, 1.82) is 0 Å². The molecule has 0 spiro atoms. The van der Waals surface area contributed by atoms with Gasteiger partial charge in [-0.2, -0.15) is 0 Å². The third kappa shape index (κ3) is 5.13. The van der Waals surface area contributed by atoms with Crippen molar-refractivity contribution < 1.29 is 4.92 Å². The van der Waals surface area contributed by atoms with E-state index >= 15 is 0 Å². The Kier molecular flexibility index (Phi) is 9.64. The van der Waals surface area contributed by atoms with Crippen LogP contribution in [0.15, 0.2) is 48.6 Å². The zero-order valence-electron chi connectivity index (χ0n) is 20.2. The lowest BCUT2D eigenvalue weighted by atomic mass is 9.59. The number of thiocarbonyl (C=S) groups is 1. The van der Waals surface area contributed by atoms with Gasteiger partial charge in [-0.25, -0.2) is 0 Å². The number of benzene rings is 2. The van der Waals surface area contributed by atoms with Crippen molar-refractivity contribution in [2.75, 3.05) is 20.6 Å². The monoisotopic (exact) mass is 605 g/mol. The summed E-state index contributed by atoms with van der Waals surface area (Å²) in [4.78, 5) is 14.9. The summed E-state index contributed by atoms with van der Waals surface area (Å²) in [6.07, 6.45) is 4.22. The average molecular weight is 607 g/mol. The molecule has 1 aliphatic carbocycles. The molecule has 194 valence electrons. The molecule has 2 aromatic carbocycles. The van der Waals surface area contributed by atoms with E-state index in [0.717, 1.165) is 0 Å². The smallest absolute Gasteiger partial charge is 0.246 e. The summed E-state index contributed by atoms with van der Waals surface area (Å²) in [5.74, 6) is 0. The minimum Gasteiger partial charge on any atom is -0.361 e. The van der Waals surface area contributed by atoms with Crippen molar-refractivity contribution in [3.8, 4) is 0 Å². The van der Waals surface area contributed by atoms with Crippen molar-refractivity contribution in [2.24, 2.45) is 0 Å². The first kappa shape index (κ1) is 29.5. The third-order valence-corrected chi connectivity index (χ3v) is 9.98. The maximum Gasteiger partial charge on any atom is 0.246 e. The fourth-order valence-electron chi connectivity index (χ4n) is 5.08. The molecule has 4 unspecified atom stereocenters. The average Bonchev–Trinajstić information content (AvgIpc) is 2.82. The number of hydrogen-bond acceptors (Lipinski definition) is 5. The van der Waals surface area contributed by atoms with Gasteiger partial charge in [-0.15, -0.1) is 0 Å². The highest BCUT2D eigenvalue weighted by Gasteiger charge is 2.65. The van der Waals surface area contributed by atoms with Crippen LogP contribution in [0.3, 0.4) is 0 Å². The first-order chi connectivity index (χ1) is 17.0. The highest BCUT2D eigenvalue weighted by Crippen LogP contribution is 2.57. The van der Waals surface area contributed by atoms with E-state index in [9.17, 15) is 10.1 Å². The second kappa shape index (κ2) is 11.8. The van der Waals surface area contributed by atoms with Crippen LogP contribution >= 0.6 is 70.4 Å². The van der Waals surface area contributed by atoms with Gasteiger partial charge in [0.25, 0.3) is 0 Å². The fraction of sp³-hybridized carbons (Fsp3) is 0.400. The molecule has 0 bridgehead atoms. The number of rotatable bonds is 7. The maximum atomic E-state index is 13.3. The molecule has 11 heteroatoms.